The third-order valence-corrected chi connectivity index (χ3v) is 1.73. The molecule has 5 nitrogen and oxygen atoms in total. The number of carboxylic acids is 2. The normalized spacial score (nSPS) is 18.5. The number of carboxylic acid groups (broad SMARTS) is 2. The lowest BCUT2D eigenvalue weighted by molar-refractivity contribution is -0.153. The van der Waals surface area contributed by atoms with Crippen LogP contribution in [0.15, 0.2) is 0 Å². The molecule has 0 saturated carbocycles. The van der Waals surface area contributed by atoms with Crippen LogP contribution in [0.5, 0.6) is 0 Å². The van der Waals surface area contributed by atoms with Crippen molar-refractivity contribution >= 4 is 11.9 Å². The van der Waals surface area contributed by atoms with E-state index in [4.69, 9.17) is 15.9 Å². The third kappa shape index (κ3) is 1.91. The van der Waals surface area contributed by atoms with E-state index in [1.54, 1.807) is 0 Å². The van der Waals surface area contributed by atoms with Gasteiger partial charge in [0, 0.05) is 0 Å². The molecule has 0 aliphatic carbocycles. The second kappa shape index (κ2) is 2.87. The Labute approximate surface area is 63.8 Å². The average molecular weight is 161 g/mol. The molecule has 0 amide bonds. The largest absolute Gasteiger partial charge is 0.481 e. The zero-order chi connectivity index (χ0) is 9.23. The van der Waals surface area contributed by atoms with Gasteiger partial charge in [-0.1, -0.05) is 0 Å². The number of hydrogen-bond acceptors (Lipinski definition) is 3. The van der Waals surface area contributed by atoms with Gasteiger partial charge in [-0.15, -0.1) is 0 Å². The average Bonchev–Trinajstić information content (AvgIpc) is 1.85. The minimum absolute atomic E-state index is 1.10. The van der Waals surface area contributed by atoms with Crippen LogP contribution in [0.1, 0.15) is 13.8 Å². The molecular weight excluding hydrogens is 150 g/mol. The zero-order valence-electron chi connectivity index (χ0n) is 6.37. The summed E-state index contributed by atoms with van der Waals surface area (Å²) in [5.41, 5.74) is 3.52. The van der Waals surface area contributed by atoms with Gasteiger partial charge in [0.15, 0.2) is 0 Å². The van der Waals surface area contributed by atoms with Gasteiger partial charge in [-0.25, -0.2) is 0 Å². The maximum absolute atomic E-state index is 10.4. The highest BCUT2D eigenvalue weighted by molar-refractivity contribution is 5.85. The highest BCUT2D eigenvalue weighted by Crippen LogP contribution is 2.13. The van der Waals surface area contributed by atoms with E-state index < -0.39 is 23.4 Å². The standard InChI is InChI=1S/C6H11NO4/c1-3(4(8)9)6(2,7)5(10)11/h3H,7H2,1-2H3,(H,8,9)(H,10,11). The van der Waals surface area contributed by atoms with Gasteiger partial charge in [0.05, 0.1) is 5.92 Å². The fourth-order valence-corrected chi connectivity index (χ4v) is 0.442. The quantitative estimate of drug-likeness (QED) is 0.518. The van der Waals surface area contributed by atoms with E-state index in [1.807, 2.05) is 0 Å². The molecule has 2 atom stereocenters. The number of rotatable bonds is 3. The summed E-state index contributed by atoms with van der Waals surface area (Å²) in [7, 11) is 0. The van der Waals surface area contributed by atoms with Crippen LogP contribution in [-0.2, 0) is 9.59 Å². The Kier molecular flexibility index (Phi) is 2.59. The van der Waals surface area contributed by atoms with Gasteiger partial charge in [0.2, 0.25) is 0 Å². The molecule has 0 aliphatic rings. The van der Waals surface area contributed by atoms with E-state index in [2.05, 4.69) is 0 Å². The highest BCUT2D eigenvalue weighted by atomic mass is 16.4. The van der Waals surface area contributed by atoms with Gasteiger partial charge < -0.3 is 15.9 Å². The summed E-state index contributed by atoms with van der Waals surface area (Å²) >= 11 is 0. The van der Waals surface area contributed by atoms with Crippen molar-refractivity contribution in [3.63, 3.8) is 0 Å². The number of carbonyl (C=O) groups is 2. The molecule has 0 spiro atoms. The molecule has 2 unspecified atom stereocenters. The molecule has 4 N–H and O–H groups in total. The van der Waals surface area contributed by atoms with Gasteiger partial charge in [-0.2, -0.15) is 0 Å². The van der Waals surface area contributed by atoms with Crippen molar-refractivity contribution in [3.05, 3.63) is 0 Å². The fraction of sp³-hybridized carbons (Fsp3) is 0.667. The third-order valence-electron chi connectivity index (χ3n) is 1.73. The first-order chi connectivity index (χ1) is 4.80. The molecule has 0 radical (unpaired) electrons. The predicted molar refractivity (Wildman–Crippen MR) is 37.0 cm³/mol. The van der Waals surface area contributed by atoms with E-state index in [0.29, 0.717) is 0 Å². The fourth-order valence-electron chi connectivity index (χ4n) is 0.442. The molecule has 0 aromatic carbocycles. The Morgan fingerprint density at radius 1 is 1.45 bits per heavy atom. The Bertz CT molecular complexity index is 187. The second-order valence-corrected chi connectivity index (χ2v) is 2.65. The molecule has 0 aliphatic heterocycles. The van der Waals surface area contributed by atoms with Gasteiger partial charge in [0.1, 0.15) is 5.54 Å². The summed E-state index contributed by atoms with van der Waals surface area (Å²) in [5.74, 6) is -3.62. The Morgan fingerprint density at radius 2 is 1.82 bits per heavy atom. The van der Waals surface area contributed by atoms with Gasteiger partial charge >= 0.3 is 11.9 Å². The summed E-state index contributed by atoms with van der Waals surface area (Å²) in [6, 6.07) is 0. The number of hydrogen-bond donors (Lipinski definition) is 3. The monoisotopic (exact) mass is 161 g/mol. The smallest absolute Gasteiger partial charge is 0.324 e. The predicted octanol–water partition coefficient (Wildman–Crippen LogP) is -0.491. The van der Waals surface area contributed by atoms with Gasteiger partial charge in [-0.3, -0.25) is 9.59 Å². The summed E-state index contributed by atoms with van der Waals surface area (Å²) in [4.78, 5) is 20.7. The lowest BCUT2D eigenvalue weighted by atomic mass is 9.88. The van der Waals surface area contributed by atoms with Crippen molar-refractivity contribution in [2.24, 2.45) is 11.7 Å². The summed E-state index contributed by atoms with van der Waals surface area (Å²) < 4.78 is 0. The lowest BCUT2D eigenvalue weighted by Gasteiger charge is -2.22. The second-order valence-electron chi connectivity index (χ2n) is 2.65. The maximum atomic E-state index is 10.4. The minimum atomic E-state index is -1.70. The van der Waals surface area contributed by atoms with Crippen molar-refractivity contribution in [2.45, 2.75) is 19.4 Å². The summed E-state index contributed by atoms with van der Waals surface area (Å²) in [6.45, 7) is 2.44. The minimum Gasteiger partial charge on any atom is -0.481 e. The molecule has 0 saturated heterocycles. The van der Waals surface area contributed by atoms with Gasteiger partial charge in [0.25, 0.3) is 0 Å². The van der Waals surface area contributed by atoms with Crippen molar-refractivity contribution in [1.82, 2.24) is 0 Å². The van der Waals surface area contributed by atoms with Crippen LogP contribution in [-0.4, -0.2) is 27.7 Å². The molecule has 0 heterocycles. The molecule has 11 heavy (non-hydrogen) atoms. The van der Waals surface area contributed by atoms with Crippen molar-refractivity contribution in [3.8, 4) is 0 Å². The summed E-state index contributed by atoms with van der Waals surface area (Å²) in [5, 5.41) is 16.9. The van der Waals surface area contributed by atoms with Crippen LogP contribution in [0.4, 0.5) is 0 Å². The van der Waals surface area contributed by atoms with Crippen molar-refractivity contribution < 1.29 is 19.8 Å². The van der Waals surface area contributed by atoms with Crippen LogP contribution < -0.4 is 5.73 Å². The molecule has 0 aromatic heterocycles. The SMILES string of the molecule is CC(C(=O)O)C(C)(N)C(=O)O. The van der Waals surface area contributed by atoms with Crippen molar-refractivity contribution in [2.75, 3.05) is 0 Å². The summed E-state index contributed by atoms with van der Waals surface area (Å²) in [6.07, 6.45) is 0. The Hall–Kier alpha value is -1.10. The first-order valence-corrected chi connectivity index (χ1v) is 3.05. The van der Waals surface area contributed by atoms with E-state index in [1.165, 1.54) is 13.8 Å². The lowest BCUT2D eigenvalue weighted by Crippen LogP contribution is -2.53. The maximum Gasteiger partial charge on any atom is 0.324 e. The molecule has 0 rings (SSSR count). The number of nitrogens with two attached hydrogens (primary N) is 1. The first kappa shape index (κ1) is 9.90. The molecule has 5 heteroatoms. The van der Waals surface area contributed by atoms with E-state index >= 15 is 0 Å². The van der Waals surface area contributed by atoms with Crippen LogP contribution in [0.25, 0.3) is 0 Å². The van der Waals surface area contributed by atoms with E-state index in [9.17, 15) is 9.59 Å². The molecular formula is C6H11NO4. The molecule has 0 bridgehead atoms. The topological polar surface area (TPSA) is 101 Å². The van der Waals surface area contributed by atoms with Crippen LogP contribution >= 0.6 is 0 Å². The molecule has 0 fully saturated rings. The highest BCUT2D eigenvalue weighted by Gasteiger charge is 2.38. The Morgan fingerprint density at radius 3 is 1.91 bits per heavy atom. The Balaban J connectivity index is 4.55. The first-order valence-electron chi connectivity index (χ1n) is 3.05. The van der Waals surface area contributed by atoms with Crippen LogP contribution in [0.2, 0.25) is 0 Å². The molecule has 64 valence electrons. The molecule has 0 aromatic rings. The van der Waals surface area contributed by atoms with Gasteiger partial charge in [-0.05, 0) is 13.8 Å². The van der Waals surface area contributed by atoms with Crippen LogP contribution in [0, 0.1) is 5.92 Å². The van der Waals surface area contributed by atoms with Crippen molar-refractivity contribution in [1.29, 1.82) is 0 Å². The zero-order valence-corrected chi connectivity index (χ0v) is 6.37. The van der Waals surface area contributed by atoms with Crippen LogP contribution in [0.3, 0.4) is 0 Å². The van der Waals surface area contributed by atoms with E-state index in [-0.39, 0.29) is 0 Å². The van der Waals surface area contributed by atoms with E-state index in [0.717, 1.165) is 0 Å². The number of aliphatic carboxylic acids is 2.